The Balaban J connectivity index is 1.68. The van der Waals surface area contributed by atoms with Crippen LogP contribution in [0.1, 0.15) is 36.9 Å². The molecule has 1 atom stereocenters. The van der Waals surface area contributed by atoms with Crippen LogP contribution in [0.3, 0.4) is 0 Å². The standard InChI is InChI=1S/C20H24N4O/c1-4-16-12-17(25-24-16)13-22-20(21-3)23-14(2)18-11-7-9-15-8-5-6-10-19(15)18/h5-12,14H,4,13H2,1-3H3,(H2,21,22,23). The lowest BCUT2D eigenvalue weighted by Gasteiger charge is -2.19. The molecule has 0 amide bonds. The molecule has 2 aromatic carbocycles. The number of rotatable bonds is 5. The summed E-state index contributed by atoms with van der Waals surface area (Å²) in [5.74, 6) is 1.53. The van der Waals surface area contributed by atoms with E-state index in [9.17, 15) is 0 Å². The second kappa shape index (κ2) is 7.83. The van der Waals surface area contributed by atoms with Crippen molar-refractivity contribution in [2.75, 3.05) is 7.05 Å². The molecule has 3 aromatic rings. The third kappa shape index (κ3) is 3.99. The zero-order chi connectivity index (χ0) is 17.6. The molecule has 1 unspecified atom stereocenters. The summed E-state index contributed by atoms with van der Waals surface area (Å²) in [6.07, 6.45) is 0.870. The fraction of sp³-hybridized carbons (Fsp3) is 0.300. The molecule has 3 rings (SSSR count). The van der Waals surface area contributed by atoms with Crippen molar-refractivity contribution in [3.63, 3.8) is 0 Å². The van der Waals surface area contributed by atoms with E-state index >= 15 is 0 Å². The van der Waals surface area contributed by atoms with Crippen molar-refractivity contribution < 1.29 is 4.52 Å². The maximum absolute atomic E-state index is 5.30. The van der Waals surface area contributed by atoms with Gasteiger partial charge < -0.3 is 15.2 Å². The summed E-state index contributed by atoms with van der Waals surface area (Å²) in [6.45, 7) is 4.74. The number of benzene rings is 2. The van der Waals surface area contributed by atoms with Crippen molar-refractivity contribution in [2.45, 2.75) is 32.9 Å². The zero-order valence-corrected chi connectivity index (χ0v) is 14.9. The second-order valence-electron chi connectivity index (χ2n) is 6.00. The number of aromatic nitrogens is 1. The minimum absolute atomic E-state index is 0.123. The lowest BCUT2D eigenvalue weighted by molar-refractivity contribution is 0.374. The molecule has 0 spiro atoms. The van der Waals surface area contributed by atoms with Gasteiger partial charge in [-0.25, -0.2) is 0 Å². The first-order chi connectivity index (χ1) is 12.2. The van der Waals surface area contributed by atoms with Gasteiger partial charge in [0.05, 0.1) is 18.3 Å². The molecular weight excluding hydrogens is 312 g/mol. The molecule has 0 aliphatic carbocycles. The Bertz CT molecular complexity index is 864. The molecule has 0 aliphatic rings. The minimum Gasteiger partial charge on any atom is -0.359 e. The Labute approximate surface area is 148 Å². The van der Waals surface area contributed by atoms with E-state index in [4.69, 9.17) is 4.52 Å². The third-order valence-electron chi connectivity index (χ3n) is 4.27. The van der Waals surface area contributed by atoms with Crippen molar-refractivity contribution in [1.82, 2.24) is 15.8 Å². The minimum atomic E-state index is 0.123. The Morgan fingerprint density at radius 1 is 1.20 bits per heavy atom. The van der Waals surface area contributed by atoms with E-state index in [1.54, 1.807) is 7.05 Å². The van der Waals surface area contributed by atoms with Crippen molar-refractivity contribution in [2.24, 2.45) is 4.99 Å². The largest absolute Gasteiger partial charge is 0.359 e. The maximum Gasteiger partial charge on any atom is 0.191 e. The maximum atomic E-state index is 5.30. The van der Waals surface area contributed by atoms with Crippen LogP contribution < -0.4 is 10.6 Å². The number of aliphatic imine (C=N–C) groups is 1. The number of fused-ring (bicyclic) bond motifs is 1. The van der Waals surface area contributed by atoms with Gasteiger partial charge in [-0.05, 0) is 29.7 Å². The molecular formula is C20H24N4O. The second-order valence-corrected chi connectivity index (χ2v) is 6.00. The highest BCUT2D eigenvalue weighted by Gasteiger charge is 2.11. The van der Waals surface area contributed by atoms with E-state index in [2.05, 4.69) is 77.1 Å². The SMILES string of the molecule is CCc1cc(CNC(=NC)NC(C)c2cccc3ccccc23)on1. The number of nitrogens with one attached hydrogen (secondary N) is 2. The monoisotopic (exact) mass is 336 g/mol. The van der Waals surface area contributed by atoms with Crippen LogP contribution in [0.25, 0.3) is 10.8 Å². The highest BCUT2D eigenvalue weighted by molar-refractivity contribution is 5.87. The van der Waals surface area contributed by atoms with Gasteiger partial charge in [0.15, 0.2) is 11.7 Å². The van der Waals surface area contributed by atoms with Crippen LogP contribution in [0.2, 0.25) is 0 Å². The van der Waals surface area contributed by atoms with Gasteiger partial charge in [0, 0.05) is 13.1 Å². The Kier molecular flexibility index (Phi) is 5.33. The van der Waals surface area contributed by atoms with Gasteiger partial charge in [0.1, 0.15) is 0 Å². The Morgan fingerprint density at radius 3 is 2.76 bits per heavy atom. The smallest absolute Gasteiger partial charge is 0.191 e. The van der Waals surface area contributed by atoms with Gasteiger partial charge in [-0.3, -0.25) is 4.99 Å². The number of hydrogen-bond donors (Lipinski definition) is 2. The summed E-state index contributed by atoms with van der Waals surface area (Å²) in [5, 5.41) is 13.2. The van der Waals surface area contributed by atoms with Gasteiger partial charge in [-0.1, -0.05) is 54.5 Å². The molecule has 0 aliphatic heterocycles. The number of nitrogens with zero attached hydrogens (tertiary/aromatic N) is 2. The fourth-order valence-electron chi connectivity index (χ4n) is 2.88. The van der Waals surface area contributed by atoms with Crippen molar-refractivity contribution in [3.8, 4) is 0 Å². The molecule has 0 saturated heterocycles. The van der Waals surface area contributed by atoms with Gasteiger partial charge in [0.2, 0.25) is 0 Å². The first-order valence-corrected chi connectivity index (χ1v) is 8.60. The van der Waals surface area contributed by atoms with Gasteiger partial charge in [-0.2, -0.15) is 0 Å². The van der Waals surface area contributed by atoms with Crippen molar-refractivity contribution in [3.05, 3.63) is 65.5 Å². The lowest BCUT2D eigenvalue weighted by atomic mass is 10.00. The molecule has 5 heteroatoms. The summed E-state index contributed by atoms with van der Waals surface area (Å²) in [7, 11) is 1.77. The molecule has 2 N–H and O–H groups in total. The quantitative estimate of drug-likeness (QED) is 0.549. The summed E-state index contributed by atoms with van der Waals surface area (Å²) in [6, 6.07) is 16.9. The number of aryl methyl sites for hydroxylation is 1. The summed E-state index contributed by atoms with van der Waals surface area (Å²) in [5.41, 5.74) is 2.21. The molecule has 130 valence electrons. The van der Waals surface area contributed by atoms with Crippen LogP contribution in [0.5, 0.6) is 0 Å². The van der Waals surface area contributed by atoms with E-state index in [0.29, 0.717) is 6.54 Å². The highest BCUT2D eigenvalue weighted by atomic mass is 16.5. The van der Waals surface area contributed by atoms with Crippen LogP contribution in [0, 0.1) is 0 Å². The number of guanidine groups is 1. The van der Waals surface area contributed by atoms with Crippen LogP contribution in [-0.2, 0) is 13.0 Å². The predicted octanol–water partition coefficient (Wildman–Crippen LogP) is 3.82. The topological polar surface area (TPSA) is 62.5 Å². The van der Waals surface area contributed by atoms with E-state index in [-0.39, 0.29) is 6.04 Å². The van der Waals surface area contributed by atoms with Gasteiger partial charge in [-0.15, -0.1) is 0 Å². The van der Waals surface area contributed by atoms with Crippen LogP contribution in [-0.4, -0.2) is 18.2 Å². The molecule has 0 saturated carbocycles. The molecule has 0 radical (unpaired) electrons. The van der Waals surface area contributed by atoms with E-state index < -0.39 is 0 Å². The highest BCUT2D eigenvalue weighted by Crippen LogP contribution is 2.23. The third-order valence-corrected chi connectivity index (χ3v) is 4.27. The molecule has 1 heterocycles. The molecule has 25 heavy (non-hydrogen) atoms. The van der Waals surface area contributed by atoms with Crippen LogP contribution >= 0.6 is 0 Å². The lowest BCUT2D eigenvalue weighted by Crippen LogP contribution is -2.38. The Hall–Kier alpha value is -2.82. The molecule has 0 fully saturated rings. The van der Waals surface area contributed by atoms with Gasteiger partial charge >= 0.3 is 0 Å². The number of hydrogen-bond acceptors (Lipinski definition) is 3. The molecule has 5 nitrogen and oxygen atoms in total. The van der Waals surface area contributed by atoms with Crippen LogP contribution in [0.4, 0.5) is 0 Å². The van der Waals surface area contributed by atoms with E-state index in [0.717, 1.165) is 23.8 Å². The van der Waals surface area contributed by atoms with Gasteiger partial charge in [0.25, 0.3) is 0 Å². The van der Waals surface area contributed by atoms with Crippen molar-refractivity contribution >= 4 is 16.7 Å². The normalized spacial score (nSPS) is 13.0. The predicted molar refractivity (Wildman–Crippen MR) is 102 cm³/mol. The summed E-state index contributed by atoms with van der Waals surface area (Å²) in [4.78, 5) is 4.31. The Morgan fingerprint density at radius 2 is 2.00 bits per heavy atom. The average Bonchev–Trinajstić information content (AvgIpc) is 3.12. The summed E-state index contributed by atoms with van der Waals surface area (Å²) >= 11 is 0. The first kappa shape index (κ1) is 17.0. The van der Waals surface area contributed by atoms with Crippen LogP contribution in [0.15, 0.2) is 58.0 Å². The average molecular weight is 336 g/mol. The summed E-state index contributed by atoms with van der Waals surface area (Å²) < 4.78 is 5.30. The first-order valence-electron chi connectivity index (χ1n) is 8.60. The molecule has 0 bridgehead atoms. The van der Waals surface area contributed by atoms with E-state index in [1.807, 2.05) is 6.07 Å². The zero-order valence-electron chi connectivity index (χ0n) is 14.9. The fourth-order valence-corrected chi connectivity index (χ4v) is 2.88. The molecule has 1 aromatic heterocycles. The van der Waals surface area contributed by atoms with Crippen molar-refractivity contribution in [1.29, 1.82) is 0 Å². The van der Waals surface area contributed by atoms with E-state index in [1.165, 1.54) is 16.3 Å².